The standard InChI is InChI=1S/C29H43N3O4/c1-36-27-9-8-25(21-26(27)30-14-5-19-33)29(35)32-17-12-23(13-18-32)20-22-10-15-31(16-11-22)28(34)24-6-3-2-4-7-24/h8-9,19,21-24,30H,2-7,10-18,20H2,1H3. The van der Waals surface area contributed by atoms with Crippen LogP contribution in [-0.2, 0) is 9.59 Å². The fourth-order valence-corrected chi connectivity index (χ4v) is 6.27. The van der Waals surface area contributed by atoms with Gasteiger partial charge in [-0.05, 0) is 75.0 Å². The van der Waals surface area contributed by atoms with E-state index >= 15 is 0 Å². The molecule has 1 saturated carbocycles. The van der Waals surface area contributed by atoms with Crippen molar-refractivity contribution in [3.8, 4) is 5.75 Å². The molecular formula is C29H43N3O4. The number of carbonyl (C=O) groups is 3. The minimum Gasteiger partial charge on any atom is -0.495 e. The first-order chi connectivity index (χ1) is 17.6. The fourth-order valence-electron chi connectivity index (χ4n) is 6.27. The molecule has 1 aromatic rings. The monoisotopic (exact) mass is 497 g/mol. The quantitative estimate of drug-likeness (QED) is 0.393. The van der Waals surface area contributed by atoms with Gasteiger partial charge in [0.2, 0.25) is 5.91 Å². The van der Waals surface area contributed by atoms with Gasteiger partial charge >= 0.3 is 0 Å². The molecule has 2 saturated heterocycles. The van der Waals surface area contributed by atoms with E-state index in [0.29, 0.717) is 42.0 Å². The Kier molecular flexibility index (Phi) is 9.65. The van der Waals surface area contributed by atoms with E-state index in [9.17, 15) is 14.4 Å². The molecule has 2 heterocycles. The van der Waals surface area contributed by atoms with Crippen LogP contribution in [0.15, 0.2) is 18.2 Å². The lowest BCUT2D eigenvalue weighted by Gasteiger charge is -2.38. The molecule has 198 valence electrons. The number of aldehydes is 1. The normalized spacial score (nSPS) is 20.2. The summed E-state index contributed by atoms with van der Waals surface area (Å²) in [7, 11) is 1.60. The van der Waals surface area contributed by atoms with Crippen LogP contribution in [0, 0.1) is 17.8 Å². The van der Waals surface area contributed by atoms with Crippen molar-refractivity contribution in [3.05, 3.63) is 23.8 Å². The minimum atomic E-state index is 0.0593. The summed E-state index contributed by atoms with van der Waals surface area (Å²) in [4.78, 5) is 40.8. The van der Waals surface area contributed by atoms with Gasteiger partial charge < -0.3 is 24.6 Å². The highest BCUT2D eigenvalue weighted by Crippen LogP contribution is 2.33. The largest absolute Gasteiger partial charge is 0.495 e. The molecule has 2 aliphatic heterocycles. The summed E-state index contributed by atoms with van der Waals surface area (Å²) >= 11 is 0. The van der Waals surface area contributed by atoms with Crippen LogP contribution in [0.5, 0.6) is 5.75 Å². The molecule has 36 heavy (non-hydrogen) atoms. The first-order valence-electron chi connectivity index (χ1n) is 14.0. The van der Waals surface area contributed by atoms with E-state index in [1.807, 2.05) is 23.1 Å². The van der Waals surface area contributed by atoms with Crippen molar-refractivity contribution in [1.82, 2.24) is 9.80 Å². The number of rotatable bonds is 9. The summed E-state index contributed by atoms with van der Waals surface area (Å²) in [5, 5.41) is 3.19. The highest BCUT2D eigenvalue weighted by Gasteiger charge is 2.31. The van der Waals surface area contributed by atoms with Gasteiger partial charge in [0, 0.05) is 50.6 Å². The number of anilines is 1. The molecule has 0 spiro atoms. The van der Waals surface area contributed by atoms with Crippen LogP contribution in [-0.4, -0.2) is 67.7 Å². The van der Waals surface area contributed by atoms with Crippen molar-refractivity contribution in [2.24, 2.45) is 17.8 Å². The lowest BCUT2D eigenvalue weighted by molar-refractivity contribution is -0.138. The second kappa shape index (κ2) is 13.1. The van der Waals surface area contributed by atoms with Gasteiger partial charge in [0.25, 0.3) is 5.91 Å². The Labute approximate surface area is 215 Å². The van der Waals surface area contributed by atoms with E-state index < -0.39 is 0 Å². The fraction of sp³-hybridized carbons (Fsp3) is 0.690. The molecule has 1 N–H and O–H groups in total. The number of nitrogens with zero attached hydrogens (tertiary/aromatic N) is 2. The zero-order valence-corrected chi connectivity index (χ0v) is 21.9. The summed E-state index contributed by atoms with van der Waals surface area (Å²) in [6, 6.07) is 5.47. The molecule has 1 aromatic carbocycles. The molecule has 3 fully saturated rings. The topological polar surface area (TPSA) is 79.0 Å². The van der Waals surface area contributed by atoms with E-state index in [2.05, 4.69) is 10.2 Å². The van der Waals surface area contributed by atoms with Crippen molar-refractivity contribution in [2.75, 3.05) is 45.2 Å². The molecule has 0 radical (unpaired) electrons. The molecule has 0 aromatic heterocycles. The van der Waals surface area contributed by atoms with E-state index in [1.54, 1.807) is 7.11 Å². The predicted molar refractivity (Wildman–Crippen MR) is 141 cm³/mol. The Morgan fingerprint density at radius 3 is 2.19 bits per heavy atom. The Balaban J connectivity index is 1.21. The first-order valence-corrected chi connectivity index (χ1v) is 14.0. The molecule has 1 aliphatic carbocycles. The Morgan fingerprint density at radius 2 is 1.58 bits per heavy atom. The van der Waals surface area contributed by atoms with Crippen LogP contribution in [0.25, 0.3) is 0 Å². The molecule has 0 unspecified atom stereocenters. The number of ether oxygens (including phenoxy) is 1. The number of likely N-dealkylation sites (tertiary alicyclic amines) is 2. The molecule has 2 amide bonds. The molecule has 3 aliphatic rings. The first kappa shape index (κ1) is 26.5. The molecule has 0 atom stereocenters. The summed E-state index contributed by atoms with van der Waals surface area (Å²) in [6.07, 6.45) is 12.8. The van der Waals surface area contributed by atoms with Gasteiger partial charge in [0.15, 0.2) is 0 Å². The van der Waals surface area contributed by atoms with Crippen molar-refractivity contribution in [1.29, 1.82) is 0 Å². The SMILES string of the molecule is COc1ccc(C(=O)N2CCC(CC3CCN(C(=O)C4CCCCC4)CC3)CC2)cc1NCCC=O. The van der Waals surface area contributed by atoms with Gasteiger partial charge in [-0.15, -0.1) is 0 Å². The molecular weight excluding hydrogens is 454 g/mol. The highest BCUT2D eigenvalue weighted by molar-refractivity contribution is 5.95. The lowest BCUT2D eigenvalue weighted by atomic mass is 9.82. The number of carbonyl (C=O) groups excluding carboxylic acids is 3. The van der Waals surface area contributed by atoms with Crippen LogP contribution < -0.4 is 10.1 Å². The average molecular weight is 498 g/mol. The second-order valence-electron chi connectivity index (χ2n) is 10.9. The third-order valence-electron chi connectivity index (χ3n) is 8.47. The summed E-state index contributed by atoms with van der Waals surface area (Å²) in [6.45, 7) is 3.96. The summed E-state index contributed by atoms with van der Waals surface area (Å²) in [5.74, 6) is 2.80. The van der Waals surface area contributed by atoms with Crippen LogP contribution >= 0.6 is 0 Å². The Hall–Kier alpha value is -2.57. The zero-order valence-electron chi connectivity index (χ0n) is 21.9. The van der Waals surface area contributed by atoms with E-state index in [1.165, 1.54) is 25.7 Å². The Bertz CT molecular complexity index is 883. The van der Waals surface area contributed by atoms with Crippen LogP contribution in [0.3, 0.4) is 0 Å². The van der Waals surface area contributed by atoms with Crippen molar-refractivity contribution >= 4 is 23.8 Å². The molecule has 7 heteroatoms. The third-order valence-corrected chi connectivity index (χ3v) is 8.47. The van der Waals surface area contributed by atoms with Gasteiger partial charge in [0.1, 0.15) is 12.0 Å². The Morgan fingerprint density at radius 1 is 0.944 bits per heavy atom. The van der Waals surface area contributed by atoms with Crippen molar-refractivity contribution in [2.45, 2.75) is 70.6 Å². The van der Waals surface area contributed by atoms with Gasteiger partial charge in [0.05, 0.1) is 12.8 Å². The van der Waals surface area contributed by atoms with Gasteiger partial charge in [-0.2, -0.15) is 0 Å². The summed E-state index contributed by atoms with van der Waals surface area (Å²) in [5.41, 5.74) is 1.39. The van der Waals surface area contributed by atoms with E-state index in [-0.39, 0.29) is 11.8 Å². The number of benzene rings is 1. The van der Waals surface area contributed by atoms with E-state index in [4.69, 9.17) is 4.74 Å². The number of piperidine rings is 2. The predicted octanol–water partition coefficient (Wildman–Crippen LogP) is 4.76. The van der Waals surface area contributed by atoms with Crippen molar-refractivity contribution < 1.29 is 19.1 Å². The average Bonchev–Trinajstić information content (AvgIpc) is 2.93. The lowest BCUT2D eigenvalue weighted by Crippen LogP contribution is -2.43. The molecule has 0 bridgehead atoms. The number of hydrogen-bond donors (Lipinski definition) is 1. The van der Waals surface area contributed by atoms with Gasteiger partial charge in [-0.3, -0.25) is 9.59 Å². The molecule has 4 rings (SSSR count). The van der Waals surface area contributed by atoms with Crippen LogP contribution in [0.1, 0.15) is 81.0 Å². The number of methoxy groups -OCH3 is 1. The second-order valence-corrected chi connectivity index (χ2v) is 10.9. The van der Waals surface area contributed by atoms with Gasteiger partial charge in [-0.25, -0.2) is 0 Å². The number of nitrogens with one attached hydrogen (secondary N) is 1. The smallest absolute Gasteiger partial charge is 0.253 e. The van der Waals surface area contributed by atoms with Gasteiger partial charge in [-0.1, -0.05) is 19.3 Å². The third kappa shape index (κ3) is 6.80. The molecule has 7 nitrogen and oxygen atoms in total. The highest BCUT2D eigenvalue weighted by atomic mass is 16.5. The van der Waals surface area contributed by atoms with Crippen LogP contribution in [0.2, 0.25) is 0 Å². The maximum Gasteiger partial charge on any atom is 0.253 e. The van der Waals surface area contributed by atoms with Crippen LogP contribution in [0.4, 0.5) is 5.69 Å². The summed E-state index contributed by atoms with van der Waals surface area (Å²) < 4.78 is 5.40. The van der Waals surface area contributed by atoms with Crippen molar-refractivity contribution in [3.63, 3.8) is 0 Å². The number of amides is 2. The maximum absolute atomic E-state index is 13.2. The number of hydrogen-bond acceptors (Lipinski definition) is 5. The zero-order chi connectivity index (χ0) is 25.3. The van der Waals surface area contributed by atoms with E-state index in [0.717, 1.165) is 76.7 Å². The maximum atomic E-state index is 13.2. The minimum absolute atomic E-state index is 0.0593.